The van der Waals surface area contributed by atoms with E-state index in [1.807, 2.05) is 25.1 Å². The summed E-state index contributed by atoms with van der Waals surface area (Å²) in [7, 11) is 0. The van der Waals surface area contributed by atoms with Gasteiger partial charge in [0.05, 0.1) is 35.5 Å². The number of hydrogen-bond donors (Lipinski definition) is 1. The average molecular weight is 398 g/mol. The van der Waals surface area contributed by atoms with E-state index in [4.69, 9.17) is 9.47 Å². The molecule has 0 radical (unpaired) electrons. The molecule has 0 atom stereocenters. The Morgan fingerprint density at radius 1 is 1.24 bits per heavy atom. The van der Waals surface area contributed by atoms with Crippen LogP contribution >= 0.6 is 0 Å². The number of morpholine rings is 1. The maximum Gasteiger partial charge on any atom is 0.251 e. The number of benzene rings is 2. The van der Waals surface area contributed by atoms with Crippen LogP contribution in [-0.4, -0.2) is 55.2 Å². The fourth-order valence-corrected chi connectivity index (χ4v) is 3.47. The zero-order chi connectivity index (χ0) is 20.2. The zero-order valence-electron chi connectivity index (χ0n) is 16.2. The van der Waals surface area contributed by atoms with Gasteiger partial charge in [-0.25, -0.2) is 9.07 Å². The number of carbonyl (C=O) groups is 1. The summed E-state index contributed by atoms with van der Waals surface area (Å²) in [6, 6.07) is 12.1. The Labute approximate surface area is 168 Å². The number of rotatable bonds is 6. The summed E-state index contributed by atoms with van der Waals surface area (Å²) in [5, 5.41) is 8.27. The maximum atomic E-state index is 13.8. The molecule has 1 fully saturated rings. The highest BCUT2D eigenvalue weighted by molar-refractivity contribution is 6.06. The van der Waals surface area contributed by atoms with Crippen LogP contribution < -0.4 is 10.2 Å². The summed E-state index contributed by atoms with van der Waals surface area (Å²) < 4.78 is 26.2. The van der Waals surface area contributed by atoms with Crippen molar-refractivity contribution in [1.29, 1.82) is 0 Å². The number of carbonyl (C=O) groups excluding carboxylic acids is 1. The van der Waals surface area contributed by atoms with Crippen LogP contribution in [0.5, 0.6) is 0 Å². The van der Waals surface area contributed by atoms with E-state index in [1.165, 1.54) is 12.1 Å². The summed E-state index contributed by atoms with van der Waals surface area (Å²) in [6.07, 6.45) is 0. The summed E-state index contributed by atoms with van der Waals surface area (Å²) in [5.41, 5.74) is 2.32. The van der Waals surface area contributed by atoms with Gasteiger partial charge in [-0.1, -0.05) is 12.1 Å². The summed E-state index contributed by atoms with van der Waals surface area (Å²) >= 11 is 0. The standard InChI is InChI=1S/C21H23FN4O3/c1-2-28-14-19(27)23-21-20-17(25-9-11-29-12-10-25)7-4-8-18(20)26(24-21)16-6-3-5-15(22)13-16/h3-8,13H,2,9-12,14H2,1H3,(H,23,24,27). The van der Waals surface area contributed by atoms with E-state index in [2.05, 4.69) is 15.3 Å². The molecule has 2 aromatic carbocycles. The SMILES string of the molecule is CCOCC(=O)Nc1nn(-c2cccc(F)c2)c2cccc(N3CCOCC3)c12. The summed E-state index contributed by atoms with van der Waals surface area (Å²) in [5.74, 6) is -0.206. The van der Waals surface area contributed by atoms with E-state index in [0.29, 0.717) is 31.3 Å². The van der Waals surface area contributed by atoms with Gasteiger partial charge in [-0.15, -0.1) is 5.10 Å². The molecule has 0 spiro atoms. The molecule has 7 nitrogen and oxygen atoms in total. The van der Waals surface area contributed by atoms with Crippen LogP contribution in [0.4, 0.5) is 15.9 Å². The second-order valence-corrected chi connectivity index (χ2v) is 6.70. The molecule has 0 aliphatic carbocycles. The van der Waals surface area contributed by atoms with E-state index in [-0.39, 0.29) is 18.3 Å². The molecular formula is C21H23FN4O3. The molecule has 8 heteroatoms. The first-order chi connectivity index (χ1) is 14.2. The monoisotopic (exact) mass is 398 g/mol. The van der Waals surface area contributed by atoms with E-state index in [1.54, 1.807) is 16.8 Å². The van der Waals surface area contributed by atoms with Gasteiger partial charge in [0.1, 0.15) is 12.4 Å². The third-order valence-electron chi connectivity index (χ3n) is 4.79. The molecule has 0 bridgehead atoms. The third-order valence-corrected chi connectivity index (χ3v) is 4.79. The third kappa shape index (κ3) is 4.08. The van der Waals surface area contributed by atoms with Gasteiger partial charge in [0.25, 0.3) is 5.91 Å². The second kappa shape index (κ2) is 8.59. The smallest absolute Gasteiger partial charge is 0.251 e. The molecule has 1 aromatic heterocycles. The van der Waals surface area contributed by atoms with E-state index < -0.39 is 0 Å². The Hall–Kier alpha value is -2.97. The fourth-order valence-electron chi connectivity index (χ4n) is 3.47. The number of fused-ring (bicyclic) bond motifs is 1. The van der Waals surface area contributed by atoms with Crippen LogP contribution in [0.1, 0.15) is 6.92 Å². The molecule has 4 rings (SSSR count). The molecule has 1 aliphatic rings. The van der Waals surface area contributed by atoms with E-state index in [9.17, 15) is 9.18 Å². The van der Waals surface area contributed by atoms with Crippen molar-refractivity contribution in [2.75, 3.05) is 49.7 Å². The minimum absolute atomic E-state index is 0.0511. The lowest BCUT2D eigenvalue weighted by molar-refractivity contribution is -0.120. The van der Waals surface area contributed by atoms with Gasteiger partial charge in [0, 0.05) is 19.7 Å². The van der Waals surface area contributed by atoms with Crippen molar-refractivity contribution in [2.24, 2.45) is 0 Å². The van der Waals surface area contributed by atoms with Gasteiger partial charge in [0.2, 0.25) is 0 Å². The number of anilines is 2. The minimum atomic E-state index is -0.350. The first kappa shape index (κ1) is 19.4. The lowest BCUT2D eigenvalue weighted by Crippen LogP contribution is -2.36. The number of nitrogens with zero attached hydrogens (tertiary/aromatic N) is 3. The average Bonchev–Trinajstić information content (AvgIpc) is 3.11. The Morgan fingerprint density at radius 3 is 2.79 bits per heavy atom. The van der Waals surface area contributed by atoms with Crippen molar-refractivity contribution in [3.8, 4) is 5.69 Å². The molecule has 152 valence electrons. The Balaban J connectivity index is 1.83. The van der Waals surface area contributed by atoms with Crippen LogP contribution in [0.2, 0.25) is 0 Å². The van der Waals surface area contributed by atoms with Gasteiger partial charge in [0.15, 0.2) is 5.82 Å². The van der Waals surface area contributed by atoms with Crippen molar-refractivity contribution in [3.05, 3.63) is 48.3 Å². The minimum Gasteiger partial charge on any atom is -0.378 e. The highest BCUT2D eigenvalue weighted by atomic mass is 19.1. The van der Waals surface area contributed by atoms with E-state index >= 15 is 0 Å². The molecule has 0 unspecified atom stereocenters. The Bertz CT molecular complexity index is 1010. The van der Waals surface area contributed by atoms with Crippen LogP contribution in [-0.2, 0) is 14.3 Å². The lowest BCUT2D eigenvalue weighted by Gasteiger charge is -2.29. The van der Waals surface area contributed by atoms with Crippen molar-refractivity contribution < 1.29 is 18.7 Å². The van der Waals surface area contributed by atoms with Crippen molar-refractivity contribution in [2.45, 2.75) is 6.92 Å². The Morgan fingerprint density at radius 2 is 2.03 bits per heavy atom. The number of ether oxygens (including phenoxy) is 2. The second-order valence-electron chi connectivity index (χ2n) is 6.70. The van der Waals surface area contributed by atoms with Gasteiger partial charge in [-0.3, -0.25) is 4.79 Å². The number of nitrogens with one attached hydrogen (secondary N) is 1. The lowest BCUT2D eigenvalue weighted by atomic mass is 10.1. The Kier molecular flexibility index (Phi) is 5.73. The zero-order valence-corrected chi connectivity index (χ0v) is 16.2. The molecule has 29 heavy (non-hydrogen) atoms. The van der Waals surface area contributed by atoms with Crippen LogP contribution in [0.3, 0.4) is 0 Å². The molecule has 1 aliphatic heterocycles. The predicted octanol–water partition coefficient (Wildman–Crippen LogP) is 2.98. The summed E-state index contributed by atoms with van der Waals surface area (Å²) in [6.45, 7) is 5.00. The van der Waals surface area contributed by atoms with E-state index in [0.717, 1.165) is 29.7 Å². The normalized spacial score (nSPS) is 14.3. The molecule has 1 saturated heterocycles. The number of halogens is 1. The highest BCUT2D eigenvalue weighted by Crippen LogP contribution is 2.35. The first-order valence-corrected chi connectivity index (χ1v) is 9.65. The summed E-state index contributed by atoms with van der Waals surface area (Å²) in [4.78, 5) is 14.5. The first-order valence-electron chi connectivity index (χ1n) is 9.65. The number of amides is 1. The molecule has 3 aromatic rings. The molecular weight excluding hydrogens is 375 g/mol. The van der Waals surface area contributed by atoms with Crippen LogP contribution in [0, 0.1) is 5.82 Å². The maximum absolute atomic E-state index is 13.8. The van der Waals surface area contributed by atoms with Gasteiger partial charge in [-0.05, 0) is 37.3 Å². The van der Waals surface area contributed by atoms with Crippen molar-refractivity contribution in [3.63, 3.8) is 0 Å². The molecule has 1 N–H and O–H groups in total. The topological polar surface area (TPSA) is 68.6 Å². The molecule has 2 heterocycles. The fraction of sp³-hybridized carbons (Fsp3) is 0.333. The van der Waals surface area contributed by atoms with Crippen LogP contribution in [0.25, 0.3) is 16.6 Å². The van der Waals surface area contributed by atoms with Gasteiger partial charge < -0.3 is 19.7 Å². The highest BCUT2D eigenvalue weighted by Gasteiger charge is 2.21. The van der Waals surface area contributed by atoms with Crippen LogP contribution in [0.15, 0.2) is 42.5 Å². The van der Waals surface area contributed by atoms with Crippen molar-refractivity contribution >= 4 is 28.3 Å². The molecule has 0 saturated carbocycles. The largest absolute Gasteiger partial charge is 0.378 e. The van der Waals surface area contributed by atoms with Gasteiger partial charge in [-0.2, -0.15) is 0 Å². The number of aromatic nitrogens is 2. The van der Waals surface area contributed by atoms with Crippen molar-refractivity contribution in [1.82, 2.24) is 9.78 Å². The quantitative estimate of drug-likeness (QED) is 0.691. The van der Waals surface area contributed by atoms with Gasteiger partial charge >= 0.3 is 0 Å². The number of hydrogen-bond acceptors (Lipinski definition) is 5. The molecule has 1 amide bonds. The predicted molar refractivity (Wildman–Crippen MR) is 109 cm³/mol.